The molecule has 0 aliphatic carbocycles. The normalized spacial score (nSPS) is 6.83. The van der Waals surface area contributed by atoms with Crippen LogP contribution in [-0.2, 0) is 38.1 Å². The molecule has 0 spiro atoms. The zero-order valence-electron chi connectivity index (χ0n) is 14.4. The molecule has 0 heterocycles. The highest BCUT2D eigenvalue weighted by molar-refractivity contribution is 5.67. The number of hydrogen-bond acceptors (Lipinski definition) is 8. The summed E-state index contributed by atoms with van der Waals surface area (Å²) in [6.45, 7) is 17.9. The van der Waals surface area contributed by atoms with Crippen molar-refractivity contribution >= 4 is 23.9 Å². The number of ether oxygens (including phenoxy) is 4. The van der Waals surface area contributed by atoms with Crippen molar-refractivity contribution in [3.8, 4) is 0 Å². The molecule has 0 aliphatic heterocycles. The van der Waals surface area contributed by atoms with Crippen LogP contribution >= 0.6 is 0 Å². The molecule has 0 radical (unpaired) electrons. The summed E-state index contributed by atoms with van der Waals surface area (Å²) >= 11 is 0. The molecule has 0 N–H and O–H groups in total. The lowest BCUT2D eigenvalue weighted by Gasteiger charge is -1.83. The van der Waals surface area contributed by atoms with Gasteiger partial charge in [0.15, 0.2) is 0 Å². The van der Waals surface area contributed by atoms with Crippen LogP contribution in [0, 0.1) is 0 Å². The monoisotopic (exact) mass is 344 g/mol. The number of esters is 4. The van der Waals surface area contributed by atoms with Crippen molar-refractivity contribution in [2.45, 2.75) is 27.7 Å². The first kappa shape index (κ1) is 28.9. The highest BCUT2D eigenvalue weighted by Gasteiger charge is 1.80. The molecule has 24 heavy (non-hydrogen) atoms. The summed E-state index contributed by atoms with van der Waals surface area (Å²) in [7, 11) is 0. The first-order chi connectivity index (χ1) is 11.1. The predicted molar refractivity (Wildman–Crippen MR) is 87.9 cm³/mol. The Kier molecular flexibility index (Phi) is 29.9. The largest absolute Gasteiger partial charge is 0.435 e. The topological polar surface area (TPSA) is 105 Å². The van der Waals surface area contributed by atoms with Crippen LogP contribution in [0.2, 0.25) is 0 Å². The van der Waals surface area contributed by atoms with Gasteiger partial charge in [-0.3, -0.25) is 19.2 Å². The molecule has 8 nitrogen and oxygen atoms in total. The maximum Gasteiger partial charge on any atom is 0.307 e. The predicted octanol–water partition coefficient (Wildman–Crippen LogP) is 2.77. The fourth-order valence-electron chi connectivity index (χ4n) is 0.469. The zero-order valence-corrected chi connectivity index (χ0v) is 14.4. The minimum Gasteiger partial charge on any atom is -0.435 e. The van der Waals surface area contributed by atoms with E-state index in [9.17, 15) is 19.2 Å². The van der Waals surface area contributed by atoms with Gasteiger partial charge in [0.2, 0.25) is 0 Å². The lowest BCUT2D eigenvalue weighted by Crippen LogP contribution is -1.87. The molecule has 0 aliphatic rings. The summed E-state index contributed by atoms with van der Waals surface area (Å²) in [5.74, 6) is -1.31. The summed E-state index contributed by atoms with van der Waals surface area (Å²) in [4.78, 5) is 39.0. The van der Waals surface area contributed by atoms with Gasteiger partial charge in [0.05, 0.1) is 25.0 Å². The first-order valence-electron chi connectivity index (χ1n) is 6.21. The van der Waals surface area contributed by atoms with Gasteiger partial charge in [0, 0.05) is 27.7 Å². The van der Waals surface area contributed by atoms with E-state index in [1.54, 1.807) is 0 Å². The molecule has 0 atom stereocenters. The average Bonchev–Trinajstić information content (AvgIpc) is 2.39. The number of carbonyl (C=O) groups excluding carboxylic acids is 4. The van der Waals surface area contributed by atoms with Gasteiger partial charge in [0.25, 0.3) is 0 Å². The quantitative estimate of drug-likeness (QED) is 0.435. The van der Waals surface area contributed by atoms with Gasteiger partial charge in [-0.15, -0.1) is 0 Å². The van der Waals surface area contributed by atoms with E-state index in [-0.39, 0.29) is 23.9 Å². The molecule has 0 saturated heterocycles. The smallest absolute Gasteiger partial charge is 0.307 e. The van der Waals surface area contributed by atoms with E-state index in [1.165, 1.54) is 27.7 Å². The molecule has 0 unspecified atom stereocenters. The molecule has 0 aromatic heterocycles. The Bertz CT molecular complexity index is 344. The minimum atomic E-state index is -0.329. The van der Waals surface area contributed by atoms with Crippen molar-refractivity contribution in [2.75, 3.05) is 0 Å². The summed E-state index contributed by atoms with van der Waals surface area (Å²) in [6.07, 6.45) is 4.40. The first-order valence-corrected chi connectivity index (χ1v) is 6.21. The molecule has 0 fully saturated rings. The molecule has 8 heteroatoms. The van der Waals surface area contributed by atoms with E-state index in [1.807, 2.05) is 0 Å². The Morgan fingerprint density at radius 1 is 0.500 bits per heavy atom. The Hall–Kier alpha value is -3.16. The van der Waals surface area contributed by atoms with E-state index < -0.39 is 0 Å². The molecular weight excluding hydrogens is 320 g/mol. The number of rotatable bonds is 4. The van der Waals surface area contributed by atoms with Crippen molar-refractivity contribution in [3.63, 3.8) is 0 Å². The van der Waals surface area contributed by atoms with Gasteiger partial charge >= 0.3 is 23.9 Å². The maximum absolute atomic E-state index is 9.75. The van der Waals surface area contributed by atoms with Crippen LogP contribution in [0.25, 0.3) is 0 Å². The summed E-state index contributed by atoms with van der Waals surface area (Å²) in [5.41, 5.74) is 0. The Morgan fingerprint density at radius 3 is 0.625 bits per heavy atom. The second kappa shape index (κ2) is 24.8. The molecule has 136 valence electrons. The zero-order chi connectivity index (χ0) is 20.0. The summed E-state index contributed by atoms with van der Waals surface area (Å²) < 4.78 is 16.7. The van der Waals surface area contributed by atoms with Crippen LogP contribution in [-0.4, -0.2) is 23.9 Å². The van der Waals surface area contributed by atoms with Gasteiger partial charge in [0.1, 0.15) is 0 Å². The fraction of sp³-hybridized carbons (Fsp3) is 0.250. The lowest BCUT2D eigenvalue weighted by atomic mass is 10.8. The van der Waals surface area contributed by atoms with Crippen LogP contribution < -0.4 is 0 Å². The summed E-state index contributed by atoms with van der Waals surface area (Å²) in [6, 6.07) is 0. The second-order valence-corrected chi connectivity index (χ2v) is 3.10. The van der Waals surface area contributed by atoms with Gasteiger partial charge in [-0.2, -0.15) is 0 Å². The van der Waals surface area contributed by atoms with Gasteiger partial charge < -0.3 is 18.9 Å². The molecule has 0 bridgehead atoms. The van der Waals surface area contributed by atoms with Crippen LogP contribution in [0.15, 0.2) is 51.4 Å². The fourth-order valence-corrected chi connectivity index (χ4v) is 0.469. The third-order valence-corrected chi connectivity index (χ3v) is 0.997. The third-order valence-electron chi connectivity index (χ3n) is 0.997. The van der Waals surface area contributed by atoms with Crippen molar-refractivity contribution in [1.82, 2.24) is 0 Å². The highest BCUT2D eigenvalue weighted by atomic mass is 16.5. The number of carbonyl (C=O) groups is 4. The van der Waals surface area contributed by atoms with E-state index in [0.29, 0.717) is 0 Å². The number of hydrogen-bond donors (Lipinski definition) is 0. The van der Waals surface area contributed by atoms with E-state index >= 15 is 0 Å². The molecule has 0 saturated carbocycles. The van der Waals surface area contributed by atoms with Crippen molar-refractivity contribution in [2.24, 2.45) is 0 Å². The van der Waals surface area contributed by atoms with E-state index in [2.05, 4.69) is 45.3 Å². The van der Waals surface area contributed by atoms with Crippen molar-refractivity contribution in [3.05, 3.63) is 51.4 Å². The van der Waals surface area contributed by atoms with E-state index in [4.69, 9.17) is 0 Å². The molecule has 0 rings (SSSR count). The standard InChI is InChI=1S/4C4H6O2/c4*1-3-6-4(2)5/h4*3H,1H2,2H3. The maximum atomic E-state index is 9.75. The van der Waals surface area contributed by atoms with Crippen LogP contribution in [0.3, 0.4) is 0 Å². The van der Waals surface area contributed by atoms with Gasteiger partial charge in [-0.05, 0) is 0 Å². The minimum absolute atomic E-state index is 0.329. The highest BCUT2D eigenvalue weighted by Crippen LogP contribution is 1.71. The van der Waals surface area contributed by atoms with E-state index in [0.717, 1.165) is 25.0 Å². The third kappa shape index (κ3) is 76.7. The Labute approximate surface area is 142 Å². The molecular formula is C16H24O8. The Morgan fingerprint density at radius 2 is 0.625 bits per heavy atom. The molecule has 0 amide bonds. The molecule has 0 aromatic rings. The van der Waals surface area contributed by atoms with Crippen LogP contribution in [0.1, 0.15) is 27.7 Å². The average molecular weight is 344 g/mol. The van der Waals surface area contributed by atoms with Crippen molar-refractivity contribution < 1.29 is 38.1 Å². The SMILES string of the molecule is C=COC(C)=O.C=COC(C)=O.C=COC(C)=O.C=COC(C)=O. The van der Waals surface area contributed by atoms with Gasteiger partial charge in [-0.25, -0.2) is 0 Å². The summed E-state index contributed by atoms with van der Waals surface area (Å²) in [5, 5.41) is 0. The van der Waals surface area contributed by atoms with Crippen LogP contribution in [0.4, 0.5) is 0 Å². The molecule has 0 aromatic carbocycles. The van der Waals surface area contributed by atoms with Crippen molar-refractivity contribution in [1.29, 1.82) is 0 Å². The van der Waals surface area contributed by atoms with Crippen LogP contribution in [0.5, 0.6) is 0 Å². The Balaban J connectivity index is -0.000000111. The second-order valence-electron chi connectivity index (χ2n) is 3.10. The lowest BCUT2D eigenvalue weighted by molar-refractivity contribution is -0.136. The van der Waals surface area contributed by atoms with Gasteiger partial charge in [-0.1, -0.05) is 26.3 Å².